The van der Waals surface area contributed by atoms with Crippen molar-refractivity contribution in [1.82, 2.24) is 4.57 Å². The molecule has 4 rings (SSSR count). The van der Waals surface area contributed by atoms with Crippen molar-refractivity contribution in [1.29, 1.82) is 0 Å². The average molecular weight is 331 g/mol. The van der Waals surface area contributed by atoms with E-state index in [9.17, 15) is 9.59 Å². The number of rotatable bonds is 3. The maximum atomic E-state index is 13.0. The zero-order chi connectivity index (χ0) is 17.4. The molecule has 0 radical (unpaired) electrons. The van der Waals surface area contributed by atoms with Crippen LogP contribution in [0.1, 0.15) is 26.3 Å². The Morgan fingerprint density at radius 3 is 2.48 bits per heavy atom. The minimum absolute atomic E-state index is 0.0421. The van der Waals surface area contributed by atoms with E-state index in [4.69, 9.17) is 5.73 Å². The summed E-state index contributed by atoms with van der Waals surface area (Å²) in [5, 5.41) is 0. The van der Waals surface area contributed by atoms with Crippen molar-refractivity contribution in [3.8, 4) is 5.69 Å². The third-order valence-electron chi connectivity index (χ3n) is 4.50. The summed E-state index contributed by atoms with van der Waals surface area (Å²) < 4.78 is 1.97. The summed E-state index contributed by atoms with van der Waals surface area (Å²) in [6, 6.07) is 16.7. The Balaban J connectivity index is 1.65. The van der Waals surface area contributed by atoms with Crippen LogP contribution in [0.2, 0.25) is 0 Å². The second-order valence-corrected chi connectivity index (χ2v) is 6.06. The topological polar surface area (TPSA) is 68.3 Å². The largest absolute Gasteiger partial charge is 0.366 e. The van der Waals surface area contributed by atoms with Crippen LogP contribution in [-0.2, 0) is 6.42 Å². The zero-order valence-electron chi connectivity index (χ0n) is 13.6. The first kappa shape index (κ1) is 15.2. The fourth-order valence-corrected chi connectivity index (χ4v) is 3.23. The van der Waals surface area contributed by atoms with E-state index in [1.54, 1.807) is 23.1 Å². The Hall–Kier alpha value is -3.34. The van der Waals surface area contributed by atoms with Crippen molar-refractivity contribution in [2.45, 2.75) is 6.42 Å². The second kappa shape index (κ2) is 5.94. The molecule has 0 spiro atoms. The van der Waals surface area contributed by atoms with Gasteiger partial charge in [-0.15, -0.1) is 0 Å². The molecule has 2 aromatic carbocycles. The number of aromatic nitrogens is 1. The first-order valence-corrected chi connectivity index (χ1v) is 8.11. The van der Waals surface area contributed by atoms with Gasteiger partial charge in [0, 0.05) is 41.4 Å². The summed E-state index contributed by atoms with van der Waals surface area (Å²) in [6.07, 6.45) is 4.61. The highest BCUT2D eigenvalue weighted by Gasteiger charge is 2.26. The van der Waals surface area contributed by atoms with Crippen LogP contribution in [0.3, 0.4) is 0 Å². The summed E-state index contributed by atoms with van der Waals surface area (Å²) >= 11 is 0. The average Bonchev–Trinajstić information content (AvgIpc) is 3.30. The highest BCUT2D eigenvalue weighted by molar-refractivity contribution is 6.08. The number of anilines is 1. The molecule has 0 atom stereocenters. The van der Waals surface area contributed by atoms with Gasteiger partial charge in [-0.25, -0.2) is 0 Å². The number of amides is 2. The molecule has 1 aliphatic heterocycles. The van der Waals surface area contributed by atoms with E-state index in [1.807, 2.05) is 53.4 Å². The Morgan fingerprint density at radius 2 is 1.72 bits per heavy atom. The van der Waals surface area contributed by atoms with E-state index < -0.39 is 5.91 Å². The molecular weight excluding hydrogens is 314 g/mol. The smallest absolute Gasteiger partial charge is 0.258 e. The predicted octanol–water partition coefficient (Wildman–Crippen LogP) is 2.78. The van der Waals surface area contributed by atoms with Crippen LogP contribution < -0.4 is 10.6 Å². The number of nitrogens with zero attached hydrogens (tertiary/aromatic N) is 2. The Kier molecular flexibility index (Phi) is 3.61. The van der Waals surface area contributed by atoms with Crippen molar-refractivity contribution in [3.05, 3.63) is 83.7 Å². The molecule has 3 aromatic rings. The van der Waals surface area contributed by atoms with E-state index in [0.717, 1.165) is 23.4 Å². The monoisotopic (exact) mass is 331 g/mol. The van der Waals surface area contributed by atoms with E-state index in [1.165, 1.54) is 0 Å². The molecule has 2 N–H and O–H groups in total. The highest BCUT2D eigenvalue weighted by Crippen LogP contribution is 2.30. The minimum atomic E-state index is -0.452. The summed E-state index contributed by atoms with van der Waals surface area (Å²) in [7, 11) is 0. The van der Waals surface area contributed by atoms with Gasteiger partial charge in [0.25, 0.3) is 5.91 Å². The lowest BCUT2D eigenvalue weighted by Crippen LogP contribution is -2.29. The SMILES string of the molecule is NC(=O)c1ccc2c(c1)CCN2C(=O)c1cccc(-n2cccc2)c1. The van der Waals surface area contributed by atoms with Crippen LogP contribution in [-0.4, -0.2) is 22.9 Å². The first-order chi connectivity index (χ1) is 12.1. The van der Waals surface area contributed by atoms with Crippen LogP contribution >= 0.6 is 0 Å². The van der Waals surface area contributed by atoms with Gasteiger partial charge in [0.1, 0.15) is 0 Å². The molecule has 0 unspecified atom stereocenters. The standard InChI is InChI=1S/C20H17N3O2/c21-19(24)15-6-7-18-14(12-15)8-11-23(18)20(25)16-4-3-5-17(13-16)22-9-1-2-10-22/h1-7,9-10,12-13H,8,11H2,(H2,21,24). The molecule has 25 heavy (non-hydrogen) atoms. The summed E-state index contributed by atoms with van der Waals surface area (Å²) in [5.74, 6) is -0.494. The van der Waals surface area contributed by atoms with E-state index >= 15 is 0 Å². The van der Waals surface area contributed by atoms with Crippen molar-refractivity contribution in [2.24, 2.45) is 5.73 Å². The quantitative estimate of drug-likeness (QED) is 0.802. The summed E-state index contributed by atoms with van der Waals surface area (Å²) in [5.41, 5.74) is 9.22. The van der Waals surface area contributed by atoms with Crippen LogP contribution in [0.15, 0.2) is 67.0 Å². The van der Waals surface area contributed by atoms with E-state index in [2.05, 4.69) is 0 Å². The van der Waals surface area contributed by atoms with Gasteiger partial charge in [-0.2, -0.15) is 0 Å². The molecule has 0 fully saturated rings. The van der Waals surface area contributed by atoms with E-state index in [0.29, 0.717) is 17.7 Å². The fourth-order valence-electron chi connectivity index (χ4n) is 3.23. The first-order valence-electron chi connectivity index (χ1n) is 8.11. The maximum absolute atomic E-state index is 13.0. The lowest BCUT2D eigenvalue weighted by Gasteiger charge is -2.18. The molecule has 1 aliphatic rings. The Bertz CT molecular complexity index is 961. The molecule has 5 nitrogen and oxygen atoms in total. The number of carbonyl (C=O) groups is 2. The number of fused-ring (bicyclic) bond motifs is 1. The fraction of sp³-hybridized carbons (Fsp3) is 0.100. The number of primary amides is 1. The lowest BCUT2D eigenvalue weighted by molar-refractivity contribution is 0.0985. The third-order valence-corrected chi connectivity index (χ3v) is 4.50. The van der Waals surface area contributed by atoms with Crippen LogP contribution in [0.25, 0.3) is 5.69 Å². The minimum Gasteiger partial charge on any atom is -0.366 e. The molecule has 124 valence electrons. The molecular formula is C20H17N3O2. The molecule has 5 heteroatoms. The van der Waals surface area contributed by atoms with Crippen LogP contribution in [0.4, 0.5) is 5.69 Å². The van der Waals surface area contributed by atoms with E-state index in [-0.39, 0.29) is 5.91 Å². The van der Waals surface area contributed by atoms with Crippen molar-refractivity contribution >= 4 is 17.5 Å². The molecule has 0 saturated carbocycles. The van der Waals surface area contributed by atoms with Crippen molar-refractivity contribution < 1.29 is 9.59 Å². The highest BCUT2D eigenvalue weighted by atomic mass is 16.2. The molecule has 2 heterocycles. The molecule has 0 aliphatic carbocycles. The van der Waals surface area contributed by atoms with Gasteiger partial charge in [-0.05, 0) is 60.5 Å². The van der Waals surface area contributed by atoms with Gasteiger partial charge < -0.3 is 15.2 Å². The van der Waals surface area contributed by atoms with Crippen molar-refractivity contribution in [3.63, 3.8) is 0 Å². The maximum Gasteiger partial charge on any atom is 0.258 e. The predicted molar refractivity (Wildman–Crippen MR) is 96.1 cm³/mol. The summed E-state index contributed by atoms with van der Waals surface area (Å²) in [4.78, 5) is 26.1. The lowest BCUT2D eigenvalue weighted by atomic mass is 10.1. The molecule has 2 amide bonds. The molecule has 0 saturated heterocycles. The van der Waals surface area contributed by atoms with Gasteiger partial charge in [0.05, 0.1) is 0 Å². The zero-order valence-corrected chi connectivity index (χ0v) is 13.6. The number of hydrogen-bond donors (Lipinski definition) is 1. The normalized spacial score (nSPS) is 12.9. The number of carbonyl (C=O) groups excluding carboxylic acids is 2. The molecule has 1 aromatic heterocycles. The Morgan fingerprint density at radius 1 is 0.920 bits per heavy atom. The van der Waals surface area contributed by atoms with Gasteiger partial charge in [-0.1, -0.05) is 6.07 Å². The summed E-state index contributed by atoms with van der Waals surface area (Å²) in [6.45, 7) is 0.601. The number of benzene rings is 2. The number of hydrogen-bond acceptors (Lipinski definition) is 2. The van der Waals surface area contributed by atoms with Gasteiger partial charge in [0.2, 0.25) is 5.91 Å². The van der Waals surface area contributed by atoms with Gasteiger partial charge in [0.15, 0.2) is 0 Å². The van der Waals surface area contributed by atoms with Crippen LogP contribution in [0.5, 0.6) is 0 Å². The van der Waals surface area contributed by atoms with Crippen LogP contribution in [0, 0.1) is 0 Å². The molecule has 0 bridgehead atoms. The Labute approximate surface area is 145 Å². The van der Waals surface area contributed by atoms with Gasteiger partial charge in [-0.3, -0.25) is 9.59 Å². The van der Waals surface area contributed by atoms with Crippen molar-refractivity contribution in [2.75, 3.05) is 11.4 Å². The second-order valence-electron chi connectivity index (χ2n) is 6.06. The third kappa shape index (κ3) is 2.70. The number of nitrogens with two attached hydrogens (primary N) is 1. The van der Waals surface area contributed by atoms with Gasteiger partial charge >= 0.3 is 0 Å².